The van der Waals surface area contributed by atoms with Crippen LogP contribution >= 0.6 is 11.3 Å². The summed E-state index contributed by atoms with van der Waals surface area (Å²) in [7, 11) is 0. The van der Waals surface area contributed by atoms with Crippen molar-refractivity contribution in [1.82, 2.24) is 9.88 Å². The van der Waals surface area contributed by atoms with Crippen molar-refractivity contribution in [2.75, 3.05) is 18.8 Å². The molecule has 112 valence electrons. The SMILES string of the molecule is Cc1ccc2c(N)c(C(=O)N3CCC(O)C(C)C3)sc2n1. The predicted octanol–water partition coefficient (Wildman–Crippen LogP) is 2.03. The molecule has 0 saturated carbocycles. The molecule has 1 saturated heterocycles. The molecule has 1 fully saturated rings. The van der Waals surface area contributed by atoms with E-state index in [0.717, 1.165) is 15.9 Å². The van der Waals surface area contributed by atoms with Crippen LogP contribution in [0.4, 0.5) is 5.69 Å². The quantitative estimate of drug-likeness (QED) is 0.845. The van der Waals surface area contributed by atoms with Crippen LogP contribution in [0.3, 0.4) is 0 Å². The first-order valence-electron chi connectivity index (χ1n) is 7.10. The van der Waals surface area contributed by atoms with Crippen molar-refractivity contribution < 1.29 is 9.90 Å². The highest BCUT2D eigenvalue weighted by molar-refractivity contribution is 7.21. The maximum atomic E-state index is 12.7. The number of aromatic nitrogens is 1. The molecule has 0 aliphatic carbocycles. The molecule has 2 aromatic heterocycles. The number of likely N-dealkylation sites (tertiary alicyclic amines) is 1. The molecule has 1 aliphatic heterocycles. The lowest BCUT2D eigenvalue weighted by molar-refractivity contribution is 0.0301. The molecule has 0 aromatic carbocycles. The molecule has 1 aliphatic rings. The third kappa shape index (κ3) is 2.49. The Hall–Kier alpha value is -1.66. The first kappa shape index (κ1) is 14.3. The molecular formula is C15H19N3O2S. The highest BCUT2D eigenvalue weighted by Gasteiger charge is 2.30. The van der Waals surface area contributed by atoms with E-state index in [-0.39, 0.29) is 17.9 Å². The third-order valence-electron chi connectivity index (χ3n) is 4.07. The number of hydrogen-bond acceptors (Lipinski definition) is 5. The van der Waals surface area contributed by atoms with Gasteiger partial charge in [-0.1, -0.05) is 6.92 Å². The number of carbonyl (C=O) groups excluding carboxylic acids is 1. The molecule has 21 heavy (non-hydrogen) atoms. The number of fused-ring (bicyclic) bond motifs is 1. The monoisotopic (exact) mass is 305 g/mol. The zero-order valence-corrected chi connectivity index (χ0v) is 13.0. The fraction of sp³-hybridized carbons (Fsp3) is 0.467. The van der Waals surface area contributed by atoms with E-state index in [4.69, 9.17) is 5.73 Å². The molecule has 6 heteroatoms. The Balaban J connectivity index is 1.93. The van der Waals surface area contributed by atoms with Crippen LogP contribution < -0.4 is 5.73 Å². The van der Waals surface area contributed by atoms with Crippen molar-refractivity contribution >= 4 is 33.1 Å². The van der Waals surface area contributed by atoms with Gasteiger partial charge in [-0.2, -0.15) is 0 Å². The van der Waals surface area contributed by atoms with E-state index in [1.54, 1.807) is 4.90 Å². The van der Waals surface area contributed by atoms with Gasteiger partial charge in [-0.3, -0.25) is 4.79 Å². The number of aliphatic hydroxyl groups excluding tert-OH is 1. The number of hydrogen-bond donors (Lipinski definition) is 2. The van der Waals surface area contributed by atoms with Crippen LogP contribution in [0.2, 0.25) is 0 Å². The lowest BCUT2D eigenvalue weighted by atomic mass is 9.96. The Bertz CT molecular complexity index is 698. The first-order chi connectivity index (χ1) is 9.97. The number of rotatable bonds is 1. The summed E-state index contributed by atoms with van der Waals surface area (Å²) in [6.45, 7) is 5.03. The summed E-state index contributed by atoms with van der Waals surface area (Å²) in [4.78, 5) is 20.3. The molecule has 2 atom stereocenters. The lowest BCUT2D eigenvalue weighted by Gasteiger charge is -2.34. The molecule has 2 unspecified atom stereocenters. The number of anilines is 1. The van der Waals surface area contributed by atoms with Gasteiger partial charge in [0.1, 0.15) is 9.71 Å². The van der Waals surface area contributed by atoms with Gasteiger partial charge in [-0.05, 0) is 31.4 Å². The van der Waals surface area contributed by atoms with Gasteiger partial charge in [0, 0.05) is 24.2 Å². The lowest BCUT2D eigenvalue weighted by Crippen LogP contribution is -2.44. The second-order valence-corrected chi connectivity index (χ2v) is 6.73. The summed E-state index contributed by atoms with van der Waals surface area (Å²) in [5.41, 5.74) is 7.57. The second-order valence-electron chi connectivity index (χ2n) is 5.73. The molecule has 0 spiro atoms. The van der Waals surface area contributed by atoms with Crippen molar-refractivity contribution in [3.63, 3.8) is 0 Å². The maximum absolute atomic E-state index is 12.7. The molecule has 3 rings (SSSR count). The molecule has 3 heterocycles. The number of carbonyl (C=O) groups is 1. The fourth-order valence-corrected chi connectivity index (χ4v) is 3.82. The zero-order valence-electron chi connectivity index (χ0n) is 12.2. The zero-order chi connectivity index (χ0) is 15.1. The number of nitrogens with zero attached hydrogens (tertiary/aromatic N) is 2. The topological polar surface area (TPSA) is 79.5 Å². The highest BCUT2D eigenvalue weighted by Crippen LogP contribution is 2.34. The minimum absolute atomic E-state index is 0.0492. The Labute approximate surface area is 127 Å². The summed E-state index contributed by atoms with van der Waals surface area (Å²) >= 11 is 1.35. The van der Waals surface area contributed by atoms with E-state index in [9.17, 15) is 9.90 Å². The minimum Gasteiger partial charge on any atom is -0.397 e. The van der Waals surface area contributed by atoms with Crippen LogP contribution in [0.1, 0.15) is 28.7 Å². The maximum Gasteiger partial charge on any atom is 0.266 e. The van der Waals surface area contributed by atoms with Crippen molar-refractivity contribution in [1.29, 1.82) is 0 Å². The molecule has 1 amide bonds. The number of pyridine rings is 1. The van der Waals surface area contributed by atoms with Gasteiger partial charge in [0.25, 0.3) is 5.91 Å². The van der Waals surface area contributed by atoms with Crippen molar-refractivity contribution in [2.24, 2.45) is 5.92 Å². The van der Waals surface area contributed by atoms with Gasteiger partial charge in [0.05, 0.1) is 11.8 Å². The van der Waals surface area contributed by atoms with Gasteiger partial charge in [0.2, 0.25) is 0 Å². The summed E-state index contributed by atoms with van der Waals surface area (Å²) in [5.74, 6) is 0.0468. The van der Waals surface area contributed by atoms with Gasteiger partial charge in [-0.15, -0.1) is 11.3 Å². The Kier molecular flexibility index (Phi) is 3.59. The molecule has 0 radical (unpaired) electrons. The summed E-state index contributed by atoms with van der Waals surface area (Å²) in [6.07, 6.45) is 0.299. The Morgan fingerprint density at radius 2 is 2.29 bits per heavy atom. The Morgan fingerprint density at radius 3 is 3.00 bits per heavy atom. The van der Waals surface area contributed by atoms with Gasteiger partial charge < -0.3 is 15.7 Å². The third-order valence-corrected chi connectivity index (χ3v) is 5.18. The van der Waals surface area contributed by atoms with Gasteiger partial charge >= 0.3 is 0 Å². The fourth-order valence-electron chi connectivity index (χ4n) is 2.71. The number of nitrogen functional groups attached to an aromatic ring is 1. The smallest absolute Gasteiger partial charge is 0.266 e. The predicted molar refractivity (Wildman–Crippen MR) is 84.5 cm³/mol. The standard InChI is InChI=1S/C15H19N3O2S/c1-8-7-18(6-5-11(8)19)15(20)13-12(16)10-4-3-9(2)17-14(10)21-13/h3-4,8,11,19H,5-7,16H2,1-2H3. The van der Waals surface area contributed by atoms with Crippen LogP contribution in [0.15, 0.2) is 12.1 Å². The van der Waals surface area contributed by atoms with E-state index in [2.05, 4.69) is 4.98 Å². The highest BCUT2D eigenvalue weighted by atomic mass is 32.1. The first-order valence-corrected chi connectivity index (χ1v) is 7.92. The van der Waals surface area contributed by atoms with Crippen LogP contribution in [0.25, 0.3) is 10.2 Å². The summed E-state index contributed by atoms with van der Waals surface area (Å²) < 4.78 is 0. The van der Waals surface area contributed by atoms with Crippen LogP contribution in [-0.4, -0.2) is 40.1 Å². The van der Waals surface area contributed by atoms with E-state index in [1.165, 1.54) is 11.3 Å². The molecule has 0 bridgehead atoms. The minimum atomic E-state index is -0.321. The number of aliphatic hydroxyl groups is 1. The van der Waals surface area contributed by atoms with Gasteiger partial charge in [-0.25, -0.2) is 4.98 Å². The normalized spacial score (nSPS) is 22.7. The number of aryl methyl sites for hydroxylation is 1. The molecule has 3 N–H and O–H groups in total. The van der Waals surface area contributed by atoms with Crippen LogP contribution in [-0.2, 0) is 0 Å². The second kappa shape index (κ2) is 5.27. The van der Waals surface area contributed by atoms with Crippen molar-refractivity contribution in [2.45, 2.75) is 26.4 Å². The van der Waals surface area contributed by atoms with E-state index in [0.29, 0.717) is 30.1 Å². The van der Waals surface area contributed by atoms with Crippen LogP contribution in [0.5, 0.6) is 0 Å². The van der Waals surface area contributed by atoms with Crippen LogP contribution in [0, 0.1) is 12.8 Å². The number of nitrogens with two attached hydrogens (primary N) is 1. The molecule has 5 nitrogen and oxygen atoms in total. The van der Waals surface area contributed by atoms with E-state index < -0.39 is 0 Å². The number of piperidine rings is 1. The number of thiophene rings is 1. The summed E-state index contributed by atoms with van der Waals surface area (Å²) in [6, 6.07) is 3.82. The largest absolute Gasteiger partial charge is 0.397 e. The molecule has 2 aromatic rings. The van der Waals surface area contributed by atoms with E-state index in [1.807, 2.05) is 26.0 Å². The Morgan fingerprint density at radius 1 is 1.52 bits per heavy atom. The average Bonchev–Trinajstić information content (AvgIpc) is 2.77. The summed E-state index contributed by atoms with van der Waals surface area (Å²) in [5, 5.41) is 10.6. The van der Waals surface area contributed by atoms with Crippen molar-refractivity contribution in [3.05, 3.63) is 22.7 Å². The average molecular weight is 305 g/mol. The van der Waals surface area contributed by atoms with Crippen molar-refractivity contribution in [3.8, 4) is 0 Å². The number of amides is 1. The van der Waals surface area contributed by atoms with E-state index >= 15 is 0 Å². The van der Waals surface area contributed by atoms with Gasteiger partial charge in [0.15, 0.2) is 0 Å². The molecular weight excluding hydrogens is 286 g/mol.